The summed E-state index contributed by atoms with van der Waals surface area (Å²) >= 11 is 0. The minimum Gasteiger partial charge on any atom is -0.396 e. The zero-order valence-corrected chi connectivity index (χ0v) is 10.1. The van der Waals surface area contributed by atoms with Gasteiger partial charge in [-0.1, -0.05) is 18.6 Å². The summed E-state index contributed by atoms with van der Waals surface area (Å²) in [5, 5.41) is 12.7. The van der Waals surface area contributed by atoms with Crippen molar-refractivity contribution in [3.63, 3.8) is 0 Å². The number of hydrogen-bond donors (Lipinski definition) is 2. The smallest absolute Gasteiger partial charge is 0.123 e. The highest BCUT2D eigenvalue weighted by molar-refractivity contribution is 5.16. The molecule has 2 N–H and O–H groups in total. The van der Waals surface area contributed by atoms with Gasteiger partial charge in [-0.15, -0.1) is 0 Å². The molecule has 1 saturated carbocycles. The van der Waals surface area contributed by atoms with Crippen LogP contribution in [0.1, 0.15) is 24.8 Å². The summed E-state index contributed by atoms with van der Waals surface area (Å²) in [5.74, 6) is -0.173. The Bertz CT molecular complexity index is 357. The summed E-state index contributed by atoms with van der Waals surface area (Å²) in [5.41, 5.74) is 1.14. The largest absolute Gasteiger partial charge is 0.396 e. The Morgan fingerprint density at radius 1 is 1.35 bits per heavy atom. The Morgan fingerprint density at radius 3 is 2.76 bits per heavy atom. The summed E-state index contributed by atoms with van der Waals surface area (Å²) in [6, 6.07) is 6.72. The molecule has 1 aliphatic carbocycles. The topological polar surface area (TPSA) is 32.3 Å². The first kappa shape index (κ1) is 12.5. The second-order valence-electron chi connectivity index (χ2n) is 5.07. The summed E-state index contributed by atoms with van der Waals surface area (Å²) < 4.78 is 12.9. The summed E-state index contributed by atoms with van der Waals surface area (Å²) in [4.78, 5) is 0. The van der Waals surface area contributed by atoms with E-state index < -0.39 is 0 Å². The van der Waals surface area contributed by atoms with E-state index in [1.165, 1.54) is 12.5 Å². The first-order valence-electron chi connectivity index (χ1n) is 6.30. The molecule has 0 aromatic heterocycles. The van der Waals surface area contributed by atoms with Crippen LogP contribution in [-0.2, 0) is 6.42 Å². The fraction of sp³-hybridized carbons (Fsp3) is 0.571. The third-order valence-corrected chi connectivity index (χ3v) is 3.73. The van der Waals surface area contributed by atoms with Gasteiger partial charge in [0, 0.05) is 18.6 Å². The highest BCUT2D eigenvalue weighted by Gasteiger charge is 2.35. The Morgan fingerprint density at radius 2 is 2.18 bits per heavy atom. The van der Waals surface area contributed by atoms with Gasteiger partial charge in [-0.05, 0) is 43.5 Å². The Hall–Kier alpha value is -0.930. The lowest BCUT2D eigenvalue weighted by molar-refractivity contribution is 0.0451. The quantitative estimate of drug-likeness (QED) is 0.743. The maximum atomic E-state index is 12.9. The van der Waals surface area contributed by atoms with E-state index in [4.69, 9.17) is 0 Å². The van der Waals surface area contributed by atoms with Gasteiger partial charge in [0.25, 0.3) is 0 Å². The van der Waals surface area contributed by atoms with Crippen LogP contribution in [0.3, 0.4) is 0 Å². The molecule has 1 aliphatic rings. The third-order valence-electron chi connectivity index (χ3n) is 3.73. The molecule has 0 heterocycles. The van der Waals surface area contributed by atoms with E-state index in [-0.39, 0.29) is 17.8 Å². The molecule has 0 amide bonds. The Kier molecular flexibility index (Phi) is 4.13. The SMILES string of the molecule is OCC1(CNCCc2cccc(F)c2)CCC1. The predicted molar refractivity (Wildman–Crippen MR) is 66.3 cm³/mol. The molecule has 0 atom stereocenters. The van der Waals surface area contributed by atoms with Gasteiger partial charge in [0.05, 0.1) is 0 Å². The van der Waals surface area contributed by atoms with Crippen molar-refractivity contribution in [2.24, 2.45) is 5.41 Å². The van der Waals surface area contributed by atoms with E-state index in [1.54, 1.807) is 12.1 Å². The molecule has 0 spiro atoms. The van der Waals surface area contributed by atoms with Gasteiger partial charge in [-0.3, -0.25) is 0 Å². The van der Waals surface area contributed by atoms with Crippen LogP contribution in [0.5, 0.6) is 0 Å². The van der Waals surface area contributed by atoms with E-state index in [0.717, 1.165) is 37.9 Å². The maximum absolute atomic E-state index is 12.9. The molecule has 2 rings (SSSR count). The molecule has 1 aromatic carbocycles. The molecule has 1 aromatic rings. The Labute approximate surface area is 102 Å². The zero-order chi connectivity index (χ0) is 12.1. The van der Waals surface area contributed by atoms with Gasteiger partial charge >= 0.3 is 0 Å². The highest BCUT2D eigenvalue weighted by atomic mass is 19.1. The van der Waals surface area contributed by atoms with Crippen LogP contribution >= 0.6 is 0 Å². The normalized spacial score (nSPS) is 17.8. The van der Waals surface area contributed by atoms with E-state index in [2.05, 4.69) is 5.32 Å². The van der Waals surface area contributed by atoms with Gasteiger partial charge in [-0.25, -0.2) is 4.39 Å². The molecule has 1 fully saturated rings. The summed E-state index contributed by atoms with van der Waals surface area (Å²) in [7, 11) is 0. The minimum absolute atomic E-state index is 0.127. The van der Waals surface area contributed by atoms with Crippen LogP contribution in [-0.4, -0.2) is 24.8 Å². The van der Waals surface area contributed by atoms with Gasteiger partial charge in [0.2, 0.25) is 0 Å². The highest BCUT2D eigenvalue weighted by Crippen LogP contribution is 2.39. The van der Waals surface area contributed by atoms with Gasteiger partial charge in [0.1, 0.15) is 5.82 Å². The molecule has 0 bridgehead atoms. The second-order valence-corrected chi connectivity index (χ2v) is 5.07. The fourth-order valence-electron chi connectivity index (χ4n) is 2.35. The van der Waals surface area contributed by atoms with Crippen molar-refractivity contribution < 1.29 is 9.50 Å². The number of nitrogens with one attached hydrogen (secondary N) is 1. The predicted octanol–water partition coefficient (Wildman–Crippen LogP) is 2.12. The standard InChI is InChI=1S/C14H20FNO/c15-13-4-1-3-12(9-13)5-8-16-10-14(11-17)6-2-7-14/h1,3-4,9,16-17H,2,5-8,10-11H2. The zero-order valence-electron chi connectivity index (χ0n) is 10.1. The molecule has 0 saturated heterocycles. The van der Waals surface area contributed by atoms with Gasteiger partial charge in [-0.2, -0.15) is 0 Å². The number of halogens is 1. The van der Waals surface area contributed by atoms with Crippen LogP contribution in [0.2, 0.25) is 0 Å². The lowest BCUT2D eigenvalue weighted by Gasteiger charge is -2.40. The molecule has 0 aliphatic heterocycles. The molecule has 0 radical (unpaired) electrons. The van der Waals surface area contributed by atoms with E-state index in [0.29, 0.717) is 0 Å². The van der Waals surface area contributed by atoms with Crippen molar-refractivity contribution in [3.8, 4) is 0 Å². The van der Waals surface area contributed by atoms with Gasteiger partial charge in [0.15, 0.2) is 0 Å². The number of rotatable bonds is 6. The van der Waals surface area contributed by atoms with Crippen LogP contribution in [0.15, 0.2) is 24.3 Å². The van der Waals surface area contributed by atoms with Crippen molar-refractivity contribution in [1.82, 2.24) is 5.32 Å². The van der Waals surface area contributed by atoms with Crippen LogP contribution < -0.4 is 5.32 Å². The molecular weight excluding hydrogens is 217 g/mol. The first-order chi connectivity index (χ1) is 8.24. The van der Waals surface area contributed by atoms with E-state index in [9.17, 15) is 9.50 Å². The van der Waals surface area contributed by atoms with Crippen LogP contribution in [0, 0.1) is 11.2 Å². The van der Waals surface area contributed by atoms with Crippen molar-refractivity contribution in [1.29, 1.82) is 0 Å². The average Bonchev–Trinajstić information content (AvgIpc) is 2.27. The molecule has 2 nitrogen and oxygen atoms in total. The van der Waals surface area contributed by atoms with Crippen molar-refractivity contribution in [2.45, 2.75) is 25.7 Å². The second kappa shape index (κ2) is 5.61. The summed E-state index contributed by atoms with van der Waals surface area (Å²) in [6.45, 7) is 1.99. The molecule has 0 unspecified atom stereocenters. The van der Waals surface area contributed by atoms with Gasteiger partial charge < -0.3 is 10.4 Å². The number of benzene rings is 1. The monoisotopic (exact) mass is 237 g/mol. The lowest BCUT2D eigenvalue weighted by Crippen LogP contribution is -2.43. The van der Waals surface area contributed by atoms with Crippen molar-refractivity contribution in [3.05, 3.63) is 35.6 Å². The molecule has 3 heteroatoms. The fourth-order valence-corrected chi connectivity index (χ4v) is 2.35. The average molecular weight is 237 g/mol. The lowest BCUT2D eigenvalue weighted by atomic mass is 9.69. The molecular formula is C14H20FNO. The number of aliphatic hydroxyl groups is 1. The van der Waals surface area contributed by atoms with Crippen LogP contribution in [0.25, 0.3) is 0 Å². The van der Waals surface area contributed by atoms with Crippen LogP contribution in [0.4, 0.5) is 4.39 Å². The van der Waals surface area contributed by atoms with E-state index in [1.807, 2.05) is 6.07 Å². The first-order valence-corrected chi connectivity index (χ1v) is 6.30. The maximum Gasteiger partial charge on any atom is 0.123 e. The minimum atomic E-state index is -0.173. The molecule has 17 heavy (non-hydrogen) atoms. The summed E-state index contributed by atoms with van der Waals surface area (Å²) in [6.07, 6.45) is 4.30. The van der Waals surface area contributed by atoms with E-state index >= 15 is 0 Å². The third kappa shape index (κ3) is 3.27. The van der Waals surface area contributed by atoms with Crippen molar-refractivity contribution in [2.75, 3.05) is 19.7 Å². The number of aliphatic hydroxyl groups excluding tert-OH is 1. The molecule has 94 valence electrons. The van der Waals surface area contributed by atoms with Crippen molar-refractivity contribution >= 4 is 0 Å². The number of hydrogen-bond acceptors (Lipinski definition) is 2. The Balaban J connectivity index is 1.69.